The van der Waals surface area contributed by atoms with Crippen LogP contribution in [0, 0.1) is 11.3 Å². The molecule has 11 heteroatoms. The SMILES string of the molecule is CC1CCCCCCCCCCC(CN2C(=O)CCCC2=O)(NC(=O)c2ccc(C(=N)NC(=O)C(F)(F)F)cc2)C1. The average Bonchev–Trinajstić information content (AvgIpc) is 2.92. The number of nitrogens with zero attached hydrogens (tertiary/aromatic N) is 1. The zero-order valence-corrected chi connectivity index (χ0v) is 23.7. The van der Waals surface area contributed by atoms with Crippen LogP contribution in [0.25, 0.3) is 0 Å². The van der Waals surface area contributed by atoms with Gasteiger partial charge in [0.25, 0.3) is 5.91 Å². The fraction of sp³-hybridized carbons (Fsp3) is 0.633. The summed E-state index contributed by atoms with van der Waals surface area (Å²) in [5.74, 6) is -3.63. The molecule has 1 saturated carbocycles. The Morgan fingerprint density at radius 2 is 1.44 bits per heavy atom. The Morgan fingerprint density at radius 3 is 2.02 bits per heavy atom. The first-order chi connectivity index (χ1) is 19.4. The molecule has 2 atom stereocenters. The van der Waals surface area contributed by atoms with Gasteiger partial charge in [-0.2, -0.15) is 13.2 Å². The van der Waals surface area contributed by atoms with Crippen molar-refractivity contribution >= 4 is 29.5 Å². The molecule has 8 nitrogen and oxygen atoms in total. The normalized spacial score (nSPS) is 23.5. The molecule has 1 aliphatic carbocycles. The zero-order valence-electron chi connectivity index (χ0n) is 23.7. The lowest BCUT2D eigenvalue weighted by atomic mass is 9.80. The molecule has 0 spiro atoms. The smallest absolute Gasteiger partial charge is 0.345 e. The van der Waals surface area contributed by atoms with E-state index in [0.717, 1.165) is 44.9 Å². The second-order valence-electron chi connectivity index (χ2n) is 11.5. The third-order valence-electron chi connectivity index (χ3n) is 8.00. The number of alkyl halides is 3. The van der Waals surface area contributed by atoms with Gasteiger partial charge in [0.1, 0.15) is 5.84 Å². The van der Waals surface area contributed by atoms with E-state index in [1.807, 2.05) is 0 Å². The Bertz CT molecular complexity index is 1090. The number of nitrogens with one attached hydrogen (secondary N) is 3. The maximum absolute atomic E-state index is 13.6. The number of amidine groups is 1. The van der Waals surface area contributed by atoms with E-state index in [1.165, 1.54) is 47.3 Å². The third kappa shape index (κ3) is 9.67. The number of rotatable bonds is 5. The van der Waals surface area contributed by atoms with Crippen LogP contribution in [0.15, 0.2) is 24.3 Å². The van der Waals surface area contributed by atoms with Crippen LogP contribution < -0.4 is 10.6 Å². The van der Waals surface area contributed by atoms with Crippen molar-refractivity contribution in [1.82, 2.24) is 15.5 Å². The minimum absolute atomic E-state index is 0.00840. The number of piperidine rings is 1. The highest BCUT2D eigenvalue weighted by atomic mass is 19.4. The van der Waals surface area contributed by atoms with Crippen molar-refractivity contribution < 1.29 is 32.3 Å². The van der Waals surface area contributed by atoms with Crippen molar-refractivity contribution in [3.63, 3.8) is 0 Å². The summed E-state index contributed by atoms with van der Waals surface area (Å²) in [5.41, 5.74) is -0.608. The highest BCUT2D eigenvalue weighted by Gasteiger charge is 2.40. The fourth-order valence-electron chi connectivity index (χ4n) is 5.82. The van der Waals surface area contributed by atoms with E-state index in [-0.39, 0.29) is 35.4 Å². The summed E-state index contributed by atoms with van der Waals surface area (Å²) < 4.78 is 37.7. The van der Waals surface area contributed by atoms with Crippen LogP contribution in [0.1, 0.15) is 113 Å². The molecule has 2 unspecified atom stereocenters. The Morgan fingerprint density at radius 1 is 0.902 bits per heavy atom. The predicted octanol–water partition coefficient (Wildman–Crippen LogP) is 5.64. The minimum atomic E-state index is -5.12. The monoisotopic (exact) mass is 578 g/mol. The molecule has 1 heterocycles. The van der Waals surface area contributed by atoms with Crippen molar-refractivity contribution in [3.8, 4) is 0 Å². The van der Waals surface area contributed by atoms with E-state index in [2.05, 4.69) is 12.2 Å². The number of hydrogen-bond donors (Lipinski definition) is 3. The number of hydrogen-bond acceptors (Lipinski definition) is 5. The van der Waals surface area contributed by atoms with Gasteiger partial charge in [0.15, 0.2) is 0 Å². The predicted molar refractivity (Wildman–Crippen MR) is 148 cm³/mol. The largest absolute Gasteiger partial charge is 0.471 e. The van der Waals surface area contributed by atoms with Crippen LogP contribution in [0.4, 0.5) is 13.2 Å². The van der Waals surface area contributed by atoms with E-state index in [0.29, 0.717) is 32.1 Å². The molecular weight excluding hydrogens is 537 g/mol. The second-order valence-corrected chi connectivity index (χ2v) is 11.5. The Hall–Kier alpha value is -3.24. The topological polar surface area (TPSA) is 119 Å². The number of halogens is 3. The molecule has 41 heavy (non-hydrogen) atoms. The van der Waals surface area contributed by atoms with Crippen molar-refractivity contribution in [2.24, 2.45) is 5.92 Å². The summed E-state index contributed by atoms with van der Waals surface area (Å²) in [6, 6.07) is 5.36. The molecule has 2 fully saturated rings. The van der Waals surface area contributed by atoms with Gasteiger partial charge < -0.3 is 10.6 Å². The Labute approximate surface area is 239 Å². The van der Waals surface area contributed by atoms with Crippen molar-refractivity contribution in [2.75, 3.05) is 6.54 Å². The maximum atomic E-state index is 13.6. The van der Waals surface area contributed by atoms with Crippen LogP contribution in [0.2, 0.25) is 0 Å². The van der Waals surface area contributed by atoms with Gasteiger partial charge in [-0.25, -0.2) is 0 Å². The first-order valence-electron chi connectivity index (χ1n) is 14.6. The van der Waals surface area contributed by atoms with Crippen molar-refractivity contribution in [3.05, 3.63) is 35.4 Å². The third-order valence-corrected chi connectivity index (χ3v) is 8.00. The van der Waals surface area contributed by atoms with Crippen LogP contribution in [-0.4, -0.2) is 52.6 Å². The molecule has 3 N–H and O–H groups in total. The summed E-state index contributed by atoms with van der Waals surface area (Å²) in [5, 5.41) is 12.5. The van der Waals surface area contributed by atoms with Gasteiger partial charge in [-0.05, 0) is 37.3 Å². The van der Waals surface area contributed by atoms with E-state index >= 15 is 0 Å². The Balaban J connectivity index is 1.84. The molecule has 226 valence electrons. The molecule has 0 bridgehead atoms. The zero-order chi connectivity index (χ0) is 30.0. The number of imide groups is 1. The van der Waals surface area contributed by atoms with Crippen LogP contribution >= 0.6 is 0 Å². The summed E-state index contributed by atoms with van der Waals surface area (Å²) in [4.78, 5) is 51.7. The summed E-state index contributed by atoms with van der Waals surface area (Å²) >= 11 is 0. The summed E-state index contributed by atoms with van der Waals surface area (Å²) in [7, 11) is 0. The van der Waals surface area contributed by atoms with Gasteiger partial charge in [0.05, 0.1) is 12.1 Å². The van der Waals surface area contributed by atoms with Crippen molar-refractivity contribution in [1.29, 1.82) is 5.41 Å². The fourth-order valence-corrected chi connectivity index (χ4v) is 5.82. The lowest BCUT2D eigenvalue weighted by molar-refractivity contribution is -0.171. The van der Waals surface area contributed by atoms with Crippen LogP contribution in [0.5, 0.6) is 0 Å². The molecule has 0 radical (unpaired) electrons. The lowest BCUT2D eigenvalue weighted by Gasteiger charge is -2.41. The minimum Gasteiger partial charge on any atom is -0.345 e. The molecule has 1 aromatic carbocycles. The van der Waals surface area contributed by atoms with Gasteiger partial charge in [-0.3, -0.25) is 29.5 Å². The number of carbonyl (C=O) groups excluding carboxylic acids is 4. The second kappa shape index (κ2) is 14.6. The summed E-state index contributed by atoms with van der Waals surface area (Å²) in [6.45, 7) is 2.24. The van der Waals surface area contributed by atoms with E-state index in [1.54, 1.807) is 0 Å². The molecule has 1 aromatic rings. The number of likely N-dealkylation sites (tertiary alicyclic amines) is 1. The van der Waals surface area contributed by atoms with Gasteiger partial charge in [0, 0.05) is 24.0 Å². The van der Waals surface area contributed by atoms with Gasteiger partial charge >= 0.3 is 12.1 Å². The number of amides is 4. The molecule has 3 rings (SSSR count). The molecule has 0 aromatic heterocycles. The lowest BCUT2D eigenvalue weighted by Crippen LogP contribution is -2.59. The maximum Gasteiger partial charge on any atom is 0.471 e. The van der Waals surface area contributed by atoms with E-state index in [4.69, 9.17) is 5.41 Å². The number of carbonyl (C=O) groups is 4. The van der Waals surface area contributed by atoms with E-state index in [9.17, 15) is 32.3 Å². The highest BCUT2D eigenvalue weighted by molar-refractivity contribution is 6.08. The first-order valence-corrected chi connectivity index (χ1v) is 14.6. The molecular formula is C30H41F3N4O4. The van der Waals surface area contributed by atoms with Gasteiger partial charge in [-0.1, -0.05) is 76.8 Å². The van der Waals surface area contributed by atoms with Gasteiger partial charge in [-0.15, -0.1) is 0 Å². The Kier molecular flexibility index (Phi) is 11.5. The molecule has 1 aliphatic heterocycles. The van der Waals surface area contributed by atoms with Crippen molar-refractivity contribution in [2.45, 2.75) is 109 Å². The average molecular weight is 579 g/mol. The molecule has 1 saturated heterocycles. The highest BCUT2D eigenvalue weighted by Crippen LogP contribution is 2.31. The van der Waals surface area contributed by atoms with E-state index < -0.39 is 29.4 Å². The first kappa shape index (κ1) is 32.3. The number of benzene rings is 1. The molecule has 4 amide bonds. The standard InChI is InChI=1S/C30H41F3N4O4/c1-21-11-8-6-4-2-3-5-7-9-18-29(19-21,20-37-24(38)12-10-13-25(37)39)36-27(40)23-16-14-22(15-17-23)26(34)35-28(41)30(31,32)33/h14-17,21H,2-13,18-20H2,1H3,(H,36,40)(H2,34,35,41). The van der Waals surface area contributed by atoms with Gasteiger partial charge in [0.2, 0.25) is 11.8 Å². The van der Waals surface area contributed by atoms with Crippen LogP contribution in [-0.2, 0) is 14.4 Å². The molecule has 2 aliphatic rings. The quantitative estimate of drug-likeness (QED) is 0.238. The summed E-state index contributed by atoms with van der Waals surface area (Å²) in [6.07, 6.45) is 6.86. The van der Waals surface area contributed by atoms with Crippen LogP contribution in [0.3, 0.4) is 0 Å².